The van der Waals surface area contributed by atoms with Crippen molar-refractivity contribution in [1.29, 1.82) is 0 Å². The van der Waals surface area contributed by atoms with Crippen molar-refractivity contribution >= 4 is 17.3 Å². The molecule has 26 heavy (non-hydrogen) atoms. The second-order valence-electron chi connectivity index (χ2n) is 6.95. The standard InChI is InChI=1S/C22H29N3O/c1-4-19-9-5-6-10-20(19)23-16-22(26)25-14-12-24(13-15-25)21-11-7-8-17(2)18(21)3/h5-11,23H,4,12-16H2,1-3H3. The fraction of sp³-hybridized carbons (Fsp3) is 0.409. The van der Waals surface area contributed by atoms with Crippen molar-refractivity contribution in [3.8, 4) is 0 Å². The van der Waals surface area contributed by atoms with Crippen molar-refractivity contribution in [3.05, 3.63) is 59.2 Å². The first-order valence-electron chi connectivity index (χ1n) is 9.51. The lowest BCUT2D eigenvalue weighted by molar-refractivity contribution is -0.129. The van der Waals surface area contributed by atoms with Crippen molar-refractivity contribution in [2.75, 3.05) is 42.9 Å². The van der Waals surface area contributed by atoms with E-state index in [4.69, 9.17) is 0 Å². The molecule has 1 N–H and O–H groups in total. The maximum absolute atomic E-state index is 12.6. The van der Waals surface area contributed by atoms with E-state index < -0.39 is 0 Å². The first-order valence-corrected chi connectivity index (χ1v) is 9.51. The molecule has 0 atom stereocenters. The molecule has 0 aromatic heterocycles. The van der Waals surface area contributed by atoms with E-state index in [1.54, 1.807) is 0 Å². The first kappa shape index (κ1) is 18.3. The molecule has 1 aliphatic rings. The maximum atomic E-state index is 12.6. The summed E-state index contributed by atoms with van der Waals surface area (Å²) in [4.78, 5) is 17.0. The van der Waals surface area contributed by atoms with Crippen molar-refractivity contribution in [3.63, 3.8) is 0 Å². The third-order valence-electron chi connectivity index (χ3n) is 5.38. The van der Waals surface area contributed by atoms with Crippen LogP contribution in [-0.2, 0) is 11.2 Å². The number of nitrogens with zero attached hydrogens (tertiary/aromatic N) is 2. The van der Waals surface area contributed by atoms with Gasteiger partial charge >= 0.3 is 0 Å². The Morgan fingerprint density at radius 2 is 1.73 bits per heavy atom. The highest BCUT2D eigenvalue weighted by Crippen LogP contribution is 2.24. The number of amides is 1. The molecule has 1 heterocycles. The zero-order valence-corrected chi connectivity index (χ0v) is 16.1. The van der Waals surface area contributed by atoms with Crippen LogP contribution in [0.2, 0.25) is 0 Å². The summed E-state index contributed by atoms with van der Waals surface area (Å²) in [6.45, 7) is 10.2. The average molecular weight is 351 g/mol. The predicted octanol–water partition coefficient (Wildman–Crippen LogP) is 3.63. The van der Waals surface area contributed by atoms with E-state index in [-0.39, 0.29) is 5.91 Å². The van der Waals surface area contributed by atoms with Crippen LogP contribution < -0.4 is 10.2 Å². The van der Waals surface area contributed by atoms with Gasteiger partial charge in [0, 0.05) is 37.6 Å². The first-order chi connectivity index (χ1) is 12.6. The highest BCUT2D eigenvalue weighted by Gasteiger charge is 2.22. The molecule has 2 aromatic rings. The molecule has 2 aromatic carbocycles. The summed E-state index contributed by atoms with van der Waals surface area (Å²) >= 11 is 0. The molecular weight excluding hydrogens is 322 g/mol. The number of nitrogens with one attached hydrogen (secondary N) is 1. The monoisotopic (exact) mass is 351 g/mol. The van der Waals surface area contributed by atoms with Gasteiger partial charge in [-0.05, 0) is 49.1 Å². The molecule has 3 rings (SSSR count). The normalized spacial score (nSPS) is 14.4. The van der Waals surface area contributed by atoms with Gasteiger partial charge in [-0.25, -0.2) is 0 Å². The third-order valence-corrected chi connectivity index (χ3v) is 5.38. The van der Waals surface area contributed by atoms with Gasteiger partial charge in [-0.3, -0.25) is 4.79 Å². The molecule has 0 saturated carbocycles. The largest absolute Gasteiger partial charge is 0.376 e. The zero-order valence-electron chi connectivity index (χ0n) is 16.1. The van der Waals surface area contributed by atoms with Crippen LogP contribution in [0.4, 0.5) is 11.4 Å². The summed E-state index contributed by atoms with van der Waals surface area (Å²) in [7, 11) is 0. The van der Waals surface area contributed by atoms with Gasteiger partial charge in [-0.15, -0.1) is 0 Å². The van der Waals surface area contributed by atoms with Crippen molar-refractivity contribution in [1.82, 2.24) is 4.90 Å². The number of para-hydroxylation sites is 1. The summed E-state index contributed by atoms with van der Waals surface area (Å²) in [6.07, 6.45) is 0.964. The second-order valence-corrected chi connectivity index (χ2v) is 6.95. The van der Waals surface area contributed by atoms with Crippen LogP contribution in [-0.4, -0.2) is 43.5 Å². The van der Waals surface area contributed by atoms with Crippen LogP contribution in [0.3, 0.4) is 0 Å². The Labute approximate surface area is 156 Å². The Hall–Kier alpha value is -2.49. The lowest BCUT2D eigenvalue weighted by Crippen LogP contribution is -2.50. The number of hydrogen-bond acceptors (Lipinski definition) is 3. The van der Waals surface area contributed by atoms with Crippen LogP contribution in [0.25, 0.3) is 0 Å². The molecule has 0 aliphatic carbocycles. The number of hydrogen-bond donors (Lipinski definition) is 1. The Balaban J connectivity index is 1.54. The van der Waals surface area contributed by atoms with Crippen molar-refractivity contribution in [2.24, 2.45) is 0 Å². The van der Waals surface area contributed by atoms with Gasteiger partial charge in [0.15, 0.2) is 0 Å². The number of benzene rings is 2. The van der Waals surface area contributed by atoms with Gasteiger partial charge in [-0.2, -0.15) is 0 Å². The van der Waals surface area contributed by atoms with Crippen LogP contribution in [0.5, 0.6) is 0 Å². The number of carbonyl (C=O) groups excluding carboxylic acids is 1. The van der Waals surface area contributed by atoms with Gasteiger partial charge < -0.3 is 15.1 Å². The van der Waals surface area contributed by atoms with Gasteiger partial charge in [0.25, 0.3) is 0 Å². The van der Waals surface area contributed by atoms with E-state index in [1.165, 1.54) is 22.4 Å². The summed E-state index contributed by atoms with van der Waals surface area (Å²) in [6, 6.07) is 14.7. The van der Waals surface area contributed by atoms with E-state index in [2.05, 4.69) is 55.3 Å². The number of piperazine rings is 1. The number of anilines is 2. The Kier molecular flexibility index (Phi) is 5.82. The number of carbonyl (C=O) groups is 1. The minimum Gasteiger partial charge on any atom is -0.376 e. The van der Waals surface area contributed by atoms with Crippen LogP contribution in [0.15, 0.2) is 42.5 Å². The summed E-state index contributed by atoms with van der Waals surface area (Å²) in [5.41, 5.74) is 6.27. The van der Waals surface area contributed by atoms with Crippen LogP contribution in [0, 0.1) is 13.8 Å². The Morgan fingerprint density at radius 3 is 2.46 bits per heavy atom. The van der Waals surface area contributed by atoms with E-state index in [0.29, 0.717) is 6.54 Å². The van der Waals surface area contributed by atoms with E-state index in [0.717, 1.165) is 38.3 Å². The molecule has 0 radical (unpaired) electrons. The fourth-order valence-electron chi connectivity index (χ4n) is 3.56. The smallest absolute Gasteiger partial charge is 0.241 e. The minimum atomic E-state index is 0.177. The molecule has 1 aliphatic heterocycles. The molecule has 4 heteroatoms. The van der Waals surface area contributed by atoms with Crippen LogP contribution in [0.1, 0.15) is 23.6 Å². The topological polar surface area (TPSA) is 35.6 Å². The summed E-state index contributed by atoms with van der Waals surface area (Å²) in [5, 5.41) is 3.32. The highest BCUT2D eigenvalue weighted by molar-refractivity contribution is 5.81. The third kappa shape index (κ3) is 4.01. The van der Waals surface area contributed by atoms with Crippen molar-refractivity contribution < 1.29 is 4.79 Å². The van der Waals surface area contributed by atoms with Gasteiger partial charge in [0.1, 0.15) is 0 Å². The quantitative estimate of drug-likeness (QED) is 0.893. The van der Waals surface area contributed by atoms with E-state index >= 15 is 0 Å². The zero-order chi connectivity index (χ0) is 18.5. The molecule has 0 spiro atoms. The second kappa shape index (κ2) is 8.26. The number of rotatable bonds is 5. The molecule has 138 valence electrons. The van der Waals surface area contributed by atoms with Gasteiger partial charge in [0.2, 0.25) is 5.91 Å². The number of aryl methyl sites for hydroxylation is 2. The molecule has 0 bridgehead atoms. The maximum Gasteiger partial charge on any atom is 0.241 e. The minimum absolute atomic E-state index is 0.177. The molecule has 1 saturated heterocycles. The molecule has 4 nitrogen and oxygen atoms in total. The predicted molar refractivity (Wildman–Crippen MR) is 109 cm³/mol. The lowest BCUT2D eigenvalue weighted by atomic mass is 10.1. The molecular formula is C22H29N3O. The molecule has 1 amide bonds. The molecule has 1 fully saturated rings. The van der Waals surface area contributed by atoms with Crippen LogP contribution >= 0.6 is 0 Å². The van der Waals surface area contributed by atoms with Gasteiger partial charge in [-0.1, -0.05) is 37.3 Å². The lowest BCUT2D eigenvalue weighted by Gasteiger charge is -2.37. The summed E-state index contributed by atoms with van der Waals surface area (Å²) < 4.78 is 0. The fourth-order valence-corrected chi connectivity index (χ4v) is 3.56. The highest BCUT2D eigenvalue weighted by atomic mass is 16.2. The SMILES string of the molecule is CCc1ccccc1NCC(=O)N1CCN(c2cccc(C)c2C)CC1. The van der Waals surface area contributed by atoms with E-state index in [9.17, 15) is 4.79 Å². The van der Waals surface area contributed by atoms with Crippen molar-refractivity contribution in [2.45, 2.75) is 27.2 Å². The van der Waals surface area contributed by atoms with Gasteiger partial charge in [0.05, 0.1) is 6.54 Å². The Morgan fingerprint density at radius 1 is 1.00 bits per heavy atom. The van der Waals surface area contributed by atoms with E-state index in [1.807, 2.05) is 23.1 Å². The average Bonchev–Trinajstić information content (AvgIpc) is 2.68. The Bertz CT molecular complexity index is 764. The summed E-state index contributed by atoms with van der Waals surface area (Å²) in [5.74, 6) is 0.177. The molecule has 0 unspecified atom stereocenters.